The van der Waals surface area contributed by atoms with Gasteiger partial charge in [-0.25, -0.2) is 0 Å². The minimum atomic E-state index is -0.0228. The van der Waals surface area contributed by atoms with Crippen molar-refractivity contribution in [1.29, 1.82) is 0 Å². The summed E-state index contributed by atoms with van der Waals surface area (Å²) in [5.41, 5.74) is 1.03. The van der Waals surface area contributed by atoms with Gasteiger partial charge >= 0.3 is 0 Å². The maximum absolute atomic E-state index is 12.8. The Hall–Kier alpha value is -2.51. The average Bonchev–Trinajstić information content (AvgIpc) is 3.18. The number of hydrogen-bond acceptors (Lipinski definition) is 6. The van der Waals surface area contributed by atoms with Gasteiger partial charge in [-0.05, 0) is 48.0 Å². The molecule has 4 rings (SSSR count). The van der Waals surface area contributed by atoms with E-state index >= 15 is 0 Å². The maximum Gasteiger partial charge on any atom is 0.266 e. The van der Waals surface area contributed by atoms with Crippen molar-refractivity contribution in [2.24, 2.45) is 4.99 Å². The van der Waals surface area contributed by atoms with Crippen molar-refractivity contribution >= 4 is 56.2 Å². The first-order chi connectivity index (χ1) is 12.7. The number of fused-ring (bicyclic) bond motifs is 1. The van der Waals surface area contributed by atoms with E-state index in [2.05, 4.69) is 33.4 Å². The van der Waals surface area contributed by atoms with Crippen LogP contribution in [0.15, 0.2) is 52.4 Å². The fraction of sp³-hybridized carbons (Fsp3) is 0.158. The van der Waals surface area contributed by atoms with E-state index in [-0.39, 0.29) is 5.91 Å². The van der Waals surface area contributed by atoms with Crippen molar-refractivity contribution in [3.8, 4) is 0 Å². The van der Waals surface area contributed by atoms with E-state index < -0.39 is 0 Å². The van der Waals surface area contributed by atoms with Gasteiger partial charge in [0.15, 0.2) is 5.17 Å². The number of carbonyl (C=O) groups excluding carboxylic acids is 1. The largest absolute Gasteiger partial charge is 0.287 e. The molecule has 0 saturated carbocycles. The number of thioether (sulfide) groups is 1. The number of hydrogen-bond donors (Lipinski definition) is 0. The number of aryl methyl sites for hydroxylation is 1. The Labute approximate surface area is 159 Å². The van der Waals surface area contributed by atoms with Crippen LogP contribution in [0.2, 0.25) is 0 Å². The van der Waals surface area contributed by atoms with Crippen LogP contribution in [0.3, 0.4) is 0 Å². The van der Waals surface area contributed by atoms with Crippen molar-refractivity contribution in [1.82, 2.24) is 15.1 Å². The summed E-state index contributed by atoms with van der Waals surface area (Å²) in [7, 11) is 0. The van der Waals surface area contributed by atoms with Crippen LogP contribution in [-0.2, 0) is 4.79 Å². The van der Waals surface area contributed by atoms with Crippen molar-refractivity contribution in [2.45, 2.75) is 13.8 Å². The highest BCUT2D eigenvalue weighted by atomic mass is 32.2. The first kappa shape index (κ1) is 16.9. The topological polar surface area (TPSA) is 58.5 Å². The molecule has 7 heteroatoms. The van der Waals surface area contributed by atoms with Gasteiger partial charge in [0.25, 0.3) is 5.91 Å². The molecule has 0 N–H and O–H groups in total. The highest BCUT2D eigenvalue weighted by Crippen LogP contribution is 2.35. The fourth-order valence-electron chi connectivity index (χ4n) is 2.80. The molecule has 26 heavy (non-hydrogen) atoms. The molecule has 1 aliphatic heterocycles. The third kappa shape index (κ3) is 3.15. The summed E-state index contributed by atoms with van der Waals surface area (Å²) >= 11 is 2.80. The lowest BCUT2D eigenvalue weighted by Crippen LogP contribution is -2.28. The summed E-state index contributed by atoms with van der Waals surface area (Å²) in [6.07, 6.45) is 1.95. The average molecular weight is 380 g/mol. The lowest BCUT2D eigenvalue weighted by atomic mass is 10.0. The van der Waals surface area contributed by atoms with Gasteiger partial charge in [-0.2, -0.15) is 4.99 Å². The highest BCUT2D eigenvalue weighted by Gasteiger charge is 2.32. The lowest BCUT2D eigenvalue weighted by Gasteiger charge is -2.11. The zero-order valence-electron chi connectivity index (χ0n) is 14.3. The van der Waals surface area contributed by atoms with Crippen LogP contribution in [0, 0.1) is 6.92 Å². The van der Waals surface area contributed by atoms with E-state index in [0.29, 0.717) is 21.7 Å². The number of amidine groups is 1. The van der Waals surface area contributed by atoms with Crippen molar-refractivity contribution in [2.75, 3.05) is 6.54 Å². The van der Waals surface area contributed by atoms with E-state index in [0.717, 1.165) is 21.3 Å². The molecule has 1 fully saturated rings. The van der Waals surface area contributed by atoms with Crippen LogP contribution in [0.25, 0.3) is 16.8 Å². The van der Waals surface area contributed by atoms with Crippen LogP contribution in [0.5, 0.6) is 0 Å². The second-order valence-electron chi connectivity index (χ2n) is 5.73. The highest BCUT2D eigenvalue weighted by molar-refractivity contribution is 8.18. The molecular formula is C19H16N4OS2. The Kier molecular flexibility index (Phi) is 4.57. The Morgan fingerprint density at radius 1 is 1.15 bits per heavy atom. The molecule has 2 aromatic carbocycles. The second-order valence-corrected chi connectivity index (χ2v) is 7.90. The molecule has 2 heterocycles. The molecule has 0 spiro atoms. The van der Waals surface area contributed by atoms with Gasteiger partial charge in [0.2, 0.25) is 5.13 Å². The molecule has 1 amide bonds. The number of aromatic nitrogens is 2. The monoisotopic (exact) mass is 380 g/mol. The van der Waals surface area contributed by atoms with Gasteiger partial charge in [-0.3, -0.25) is 9.69 Å². The molecule has 130 valence electrons. The third-order valence-electron chi connectivity index (χ3n) is 4.02. The Morgan fingerprint density at radius 3 is 2.73 bits per heavy atom. The maximum atomic E-state index is 12.8. The smallest absolute Gasteiger partial charge is 0.266 e. The van der Waals surface area contributed by atoms with Crippen LogP contribution >= 0.6 is 23.1 Å². The molecule has 5 nitrogen and oxygen atoms in total. The van der Waals surface area contributed by atoms with Crippen molar-refractivity contribution in [3.63, 3.8) is 0 Å². The number of nitrogens with zero attached hydrogens (tertiary/aromatic N) is 4. The zero-order chi connectivity index (χ0) is 18.1. The van der Waals surface area contributed by atoms with Crippen LogP contribution in [0.4, 0.5) is 5.13 Å². The number of likely N-dealkylation sites (N-methyl/N-ethyl adjacent to an activating group) is 1. The van der Waals surface area contributed by atoms with E-state index in [4.69, 9.17) is 0 Å². The zero-order valence-corrected chi connectivity index (χ0v) is 16.0. The Balaban J connectivity index is 1.74. The molecular weight excluding hydrogens is 364 g/mol. The molecule has 3 aromatic rings. The van der Waals surface area contributed by atoms with Gasteiger partial charge in [0.1, 0.15) is 5.01 Å². The predicted octanol–water partition coefficient (Wildman–Crippen LogP) is 4.62. The quantitative estimate of drug-likeness (QED) is 0.622. The predicted molar refractivity (Wildman–Crippen MR) is 109 cm³/mol. The number of rotatable bonds is 3. The molecule has 1 saturated heterocycles. The summed E-state index contributed by atoms with van der Waals surface area (Å²) < 4.78 is 0. The molecule has 0 atom stereocenters. The second kappa shape index (κ2) is 7.01. The molecule has 0 bridgehead atoms. The number of carbonyl (C=O) groups is 1. The van der Waals surface area contributed by atoms with Crippen LogP contribution in [-0.4, -0.2) is 32.7 Å². The van der Waals surface area contributed by atoms with Crippen molar-refractivity contribution < 1.29 is 4.79 Å². The molecule has 1 aliphatic rings. The van der Waals surface area contributed by atoms with Crippen LogP contribution < -0.4 is 0 Å². The van der Waals surface area contributed by atoms with E-state index in [1.165, 1.54) is 23.1 Å². The number of aliphatic imine (C=N–C) groups is 1. The molecule has 0 aliphatic carbocycles. The van der Waals surface area contributed by atoms with Gasteiger partial charge in [-0.15, -0.1) is 10.2 Å². The molecule has 0 radical (unpaired) electrons. The first-order valence-electron chi connectivity index (χ1n) is 8.23. The van der Waals surface area contributed by atoms with Gasteiger partial charge in [-0.1, -0.05) is 53.8 Å². The Morgan fingerprint density at radius 2 is 1.96 bits per heavy atom. The molecule has 1 aromatic heterocycles. The van der Waals surface area contributed by atoms with Crippen LogP contribution in [0.1, 0.15) is 17.5 Å². The standard InChI is InChI=1S/C19H16N4OS2/c1-3-23-17(24)16(26-19(23)20-18-22-21-12(2)25-18)11-14-9-6-8-13-7-4-5-10-15(13)14/h4-11H,3H2,1-2H3/b16-11-,20-19+. The summed E-state index contributed by atoms with van der Waals surface area (Å²) in [4.78, 5) is 19.7. The summed E-state index contributed by atoms with van der Waals surface area (Å²) in [5, 5.41) is 12.4. The first-order valence-corrected chi connectivity index (χ1v) is 9.87. The minimum Gasteiger partial charge on any atom is -0.287 e. The lowest BCUT2D eigenvalue weighted by molar-refractivity contribution is -0.122. The summed E-state index contributed by atoms with van der Waals surface area (Å²) in [6.45, 7) is 4.40. The van der Waals surface area contributed by atoms with Crippen molar-refractivity contribution in [3.05, 3.63) is 57.9 Å². The van der Waals surface area contributed by atoms with Gasteiger partial charge < -0.3 is 0 Å². The number of benzene rings is 2. The molecule has 0 unspecified atom stereocenters. The summed E-state index contributed by atoms with van der Waals surface area (Å²) in [6, 6.07) is 14.3. The Bertz CT molecular complexity index is 1050. The van der Waals surface area contributed by atoms with Gasteiger partial charge in [0, 0.05) is 6.54 Å². The van der Waals surface area contributed by atoms with E-state index in [1.807, 2.05) is 44.2 Å². The summed E-state index contributed by atoms with van der Waals surface area (Å²) in [5.74, 6) is -0.0228. The van der Waals surface area contributed by atoms with E-state index in [1.54, 1.807) is 4.90 Å². The van der Waals surface area contributed by atoms with E-state index in [9.17, 15) is 4.79 Å². The fourth-order valence-corrected chi connectivity index (χ4v) is 4.45. The normalized spacial score (nSPS) is 17.8. The minimum absolute atomic E-state index is 0.0228. The number of amides is 1. The van der Waals surface area contributed by atoms with Gasteiger partial charge in [0.05, 0.1) is 4.91 Å². The SMILES string of the molecule is CCN1C(=O)/C(=C/c2cccc3ccccc23)S/C1=N/c1nnc(C)s1. The third-order valence-corrected chi connectivity index (χ3v) is 5.76.